The Morgan fingerprint density at radius 2 is 1.62 bits per heavy atom. The van der Waals surface area contributed by atoms with Gasteiger partial charge in [0.2, 0.25) is 11.8 Å². The van der Waals surface area contributed by atoms with E-state index in [1.54, 1.807) is 12.1 Å². The number of halogens is 3. The van der Waals surface area contributed by atoms with Gasteiger partial charge < -0.3 is 10.2 Å². The van der Waals surface area contributed by atoms with Crippen molar-refractivity contribution in [2.45, 2.75) is 18.2 Å². The Hall–Kier alpha value is -1.80. The predicted molar refractivity (Wildman–Crippen MR) is 115 cm³/mol. The zero-order valence-corrected chi connectivity index (χ0v) is 18.6. The molecule has 0 aromatic heterocycles. The van der Waals surface area contributed by atoms with Crippen molar-refractivity contribution in [3.63, 3.8) is 0 Å². The van der Waals surface area contributed by atoms with Crippen LogP contribution in [0.4, 0.5) is 5.69 Å². The number of carbonyl (C=O) groups is 2. The lowest BCUT2D eigenvalue weighted by Crippen LogP contribution is -2.41. The van der Waals surface area contributed by atoms with Crippen LogP contribution in [0.25, 0.3) is 0 Å². The molecular formula is C19H19Cl3N2O4S. The fourth-order valence-corrected chi connectivity index (χ4v) is 4.30. The van der Waals surface area contributed by atoms with Crippen LogP contribution in [-0.2, 0) is 19.4 Å². The van der Waals surface area contributed by atoms with Crippen LogP contribution < -0.4 is 5.32 Å². The molecule has 0 radical (unpaired) electrons. The minimum absolute atomic E-state index is 0.0101. The number of anilines is 1. The van der Waals surface area contributed by atoms with E-state index in [9.17, 15) is 18.0 Å². The standard InChI is InChI=1S/C19H19Cl3N2O4S/c1-2-9-24(11-18(25)23-17-8-5-14(21)10-16(17)22)19(26)12-29(27,28)15-6-3-13(20)4-7-15/h3-8,10H,2,9,11-12H2,1H3,(H,23,25). The number of nitrogens with one attached hydrogen (secondary N) is 1. The lowest BCUT2D eigenvalue weighted by Gasteiger charge is -2.22. The van der Waals surface area contributed by atoms with E-state index in [0.29, 0.717) is 22.2 Å². The quantitative estimate of drug-likeness (QED) is 0.614. The molecule has 0 heterocycles. The van der Waals surface area contributed by atoms with Crippen molar-refractivity contribution in [1.82, 2.24) is 4.90 Å². The Labute approximate surface area is 184 Å². The van der Waals surface area contributed by atoms with Crippen LogP contribution in [0.1, 0.15) is 13.3 Å². The Kier molecular flexibility index (Phi) is 8.34. The predicted octanol–water partition coefficient (Wildman–Crippen LogP) is 4.30. The van der Waals surface area contributed by atoms with Crippen LogP contribution in [0, 0.1) is 0 Å². The van der Waals surface area contributed by atoms with Gasteiger partial charge in [-0.05, 0) is 48.9 Å². The second-order valence-electron chi connectivity index (χ2n) is 6.20. The first-order valence-corrected chi connectivity index (χ1v) is 11.4. The molecule has 6 nitrogen and oxygen atoms in total. The van der Waals surface area contributed by atoms with Crippen molar-refractivity contribution in [2.24, 2.45) is 0 Å². The normalized spacial score (nSPS) is 11.2. The van der Waals surface area contributed by atoms with Gasteiger partial charge in [0.25, 0.3) is 0 Å². The Morgan fingerprint density at radius 3 is 2.21 bits per heavy atom. The molecule has 0 saturated carbocycles. The molecule has 2 amide bonds. The van der Waals surface area contributed by atoms with Crippen LogP contribution in [0.5, 0.6) is 0 Å². The third kappa shape index (κ3) is 6.89. The molecule has 0 unspecified atom stereocenters. The maximum Gasteiger partial charge on any atom is 0.244 e. The number of carbonyl (C=O) groups excluding carboxylic acids is 2. The summed E-state index contributed by atoms with van der Waals surface area (Å²) < 4.78 is 25.0. The fourth-order valence-electron chi connectivity index (χ4n) is 2.49. The van der Waals surface area contributed by atoms with E-state index in [1.807, 2.05) is 6.92 Å². The van der Waals surface area contributed by atoms with Crippen LogP contribution in [0.2, 0.25) is 15.1 Å². The van der Waals surface area contributed by atoms with Crippen LogP contribution in [0.15, 0.2) is 47.4 Å². The minimum Gasteiger partial charge on any atom is -0.332 e. The molecule has 29 heavy (non-hydrogen) atoms. The monoisotopic (exact) mass is 476 g/mol. The minimum atomic E-state index is -3.86. The summed E-state index contributed by atoms with van der Waals surface area (Å²) in [6.45, 7) is 1.75. The summed E-state index contributed by atoms with van der Waals surface area (Å²) in [6, 6.07) is 10.1. The first kappa shape index (κ1) is 23.5. The van der Waals surface area contributed by atoms with Gasteiger partial charge in [-0.3, -0.25) is 9.59 Å². The molecule has 0 spiro atoms. The molecule has 0 aliphatic rings. The van der Waals surface area contributed by atoms with Crippen LogP contribution >= 0.6 is 34.8 Å². The zero-order valence-electron chi connectivity index (χ0n) is 15.5. The first-order valence-electron chi connectivity index (χ1n) is 8.63. The van der Waals surface area contributed by atoms with E-state index in [2.05, 4.69) is 5.32 Å². The average molecular weight is 478 g/mol. The SMILES string of the molecule is CCCN(CC(=O)Nc1ccc(Cl)cc1Cl)C(=O)CS(=O)(=O)c1ccc(Cl)cc1. The fraction of sp³-hybridized carbons (Fsp3) is 0.263. The van der Waals surface area contributed by atoms with E-state index in [4.69, 9.17) is 34.8 Å². The highest BCUT2D eigenvalue weighted by Gasteiger charge is 2.25. The van der Waals surface area contributed by atoms with Crippen LogP contribution in [0.3, 0.4) is 0 Å². The molecule has 2 aromatic carbocycles. The number of amides is 2. The highest BCUT2D eigenvalue weighted by molar-refractivity contribution is 7.92. The topological polar surface area (TPSA) is 83.6 Å². The average Bonchev–Trinajstić information content (AvgIpc) is 2.63. The van der Waals surface area contributed by atoms with Gasteiger partial charge in [-0.2, -0.15) is 0 Å². The number of nitrogens with zero attached hydrogens (tertiary/aromatic N) is 1. The smallest absolute Gasteiger partial charge is 0.244 e. The van der Waals surface area contributed by atoms with E-state index in [-0.39, 0.29) is 23.0 Å². The van der Waals surface area contributed by atoms with Crippen molar-refractivity contribution in [2.75, 3.05) is 24.2 Å². The second kappa shape index (κ2) is 10.3. The van der Waals surface area contributed by atoms with E-state index >= 15 is 0 Å². The van der Waals surface area contributed by atoms with Gasteiger partial charge in [-0.25, -0.2) is 8.42 Å². The van der Waals surface area contributed by atoms with Crippen LogP contribution in [-0.4, -0.2) is 44.0 Å². The summed E-state index contributed by atoms with van der Waals surface area (Å²) in [5.74, 6) is -1.91. The summed E-state index contributed by atoms with van der Waals surface area (Å²) in [6.07, 6.45) is 0.557. The van der Waals surface area contributed by atoms with E-state index in [0.717, 1.165) is 0 Å². The molecule has 2 aromatic rings. The van der Waals surface area contributed by atoms with Crippen molar-refractivity contribution >= 4 is 62.1 Å². The Bertz CT molecular complexity index is 995. The van der Waals surface area contributed by atoms with Gasteiger partial charge >= 0.3 is 0 Å². The maximum absolute atomic E-state index is 12.6. The summed E-state index contributed by atoms with van der Waals surface area (Å²) in [7, 11) is -3.86. The Balaban J connectivity index is 2.08. The second-order valence-corrected chi connectivity index (χ2v) is 9.47. The number of rotatable bonds is 8. The van der Waals surface area contributed by atoms with Crippen molar-refractivity contribution < 1.29 is 18.0 Å². The summed E-state index contributed by atoms with van der Waals surface area (Å²) in [5.41, 5.74) is 0.346. The summed E-state index contributed by atoms with van der Waals surface area (Å²) in [4.78, 5) is 26.1. The van der Waals surface area contributed by atoms with E-state index < -0.39 is 27.4 Å². The lowest BCUT2D eigenvalue weighted by molar-refractivity contribution is -0.132. The van der Waals surface area contributed by atoms with Gasteiger partial charge in [-0.1, -0.05) is 41.7 Å². The van der Waals surface area contributed by atoms with Gasteiger partial charge in [-0.15, -0.1) is 0 Å². The molecule has 0 bridgehead atoms. The first-order chi connectivity index (χ1) is 13.6. The molecule has 156 valence electrons. The largest absolute Gasteiger partial charge is 0.332 e. The maximum atomic E-state index is 12.6. The van der Waals surface area contributed by atoms with Crippen molar-refractivity contribution in [3.05, 3.63) is 57.5 Å². The van der Waals surface area contributed by atoms with E-state index in [1.165, 1.54) is 35.2 Å². The van der Waals surface area contributed by atoms with Gasteiger partial charge in [0.05, 0.1) is 22.2 Å². The number of benzene rings is 2. The molecule has 0 atom stereocenters. The lowest BCUT2D eigenvalue weighted by atomic mass is 10.3. The molecular weight excluding hydrogens is 459 g/mol. The highest BCUT2D eigenvalue weighted by atomic mass is 35.5. The van der Waals surface area contributed by atoms with Gasteiger partial charge in [0.15, 0.2) is 9.84 Å². The molecule has 10 heteroatoms. The number of hydrogen-bond donors (Lipinski definition) is 1. The number of hydrogen-bond acceptors (Lipinski definition) is 4. The molecule has 2 rings (SSSR count). The zero-order chi connectivity index (χ0) is 21.6. The molecule has 0 saturated heterocycles. The third-order valence-corrected chi connectivity index (χ3v) is 6.29. The Morgan fingerprint density at radius 1 is 1.00 bits per heavy atom. The highest BCUT2D eigenvalue weighted by Crippen LogP contribution is 2.25. The molecule has 1 N–H and O–H groups in total. The molecule has 0 fully saturated rings. The third-order valence-electron chi connectivity index (χ3n) is 3.87. The summed E-state index contributed by atoms with van der Waals surface area (Å²) in [5, 5.41) is 3.66. The van der Waals surface area contributed by atoms with Crippen molar-refractivity contribution in [1.29, 1.82) is 0 Å². The number of sulfone groups is 1. The molecule has 0 aliphatic heterocycles. The van der Waals surface area contributed by atoms with Gasteiger partial charge in [0, 0.05) is 16.6 Å². The van der Waals surface area contributed by atoms with Crippen molar-refractivity contribution in [3.8, 4) is 0 Å². The summed E-state index contributed by atoms with van der Waals surface area (Å²) >= 11 is 17.6. The van der Waals surface area contributed by atoms with Gasteiger partial charge in [0.1, 0.15) is 5.75 Å². The molecule has 0 aliphatic carbocycles.